The number of carbonyl (C=O) groups excluding carboxylic acids is 1. The number of nitrogens with one attached hydrogen (secondary N) is 1. The van der Waals surface area contributed by atoms with Crippen molar-refractivity contribution in [2.24, 2.45) is 5.92 Å². The van der Waals surface area contributed by atoms with Crippen LogP contribution in [0.4, 0.5) is 10.5 Å². The fourth-order valence-corrected chi connectivity index (χ4v) is 2.92. The van der Waals surface area contributed by atoms with E-state index in [0.717, 1.165) is 0 Å². The molecule has 3 N–H and O–H groups in total. The molecule has 0 saturated carbocycles. The lowest BCUT2D eigenvalue weighted by atomic mass is 9.98. The number of rotatable bonds is 8. The average molecular weight is 442 g/mol. The van der Waals surface area contributed by atoms with Gasteiger partial charge in [-0.25, -0.2) is 4.79 Å². The van der Waals surface area contributed by atoms with Crippen molar-refractivity contribution in [2.75, 3.05) is 12.4 Å². The number of anilines is 1. The molecule has 0 heterocycles. The van der Waals surface area contributed by atoms with Crippen LogP contribution in [0.15, 0.2) is 36.4 Å². The minimum atomic E-state index is -1.59. The maximum absolute atomic E-state index is 12.0. The summed E-state index contributed by atoms with van der Waals surface area (Å²) in [7, 11) is 1.42. The van der Waals surface area contributed by atoms with Crippen LogP contribution in [0.1, 0.15) is 11.1 Å². The maximum atomic E-state index is 12.0. The molecule has 0 unspecified atom stereocenters. The molecule has 2 aromatic rings. The highest BCUT2D eigenvalue weighted by Gasteiger charge is 2.26. The standard InChI is InChI=1S/C19H17Cl2NO7/c1-28-16-5-2-10(7-13(17(23)24)18(25)26)6-11(16)9-29-19(27)22-15-4-3-12(20)8-14(15)21/h2-6,8,13H,7,9H2,1H3,(H,22,27)(H,23,24)(H,25,26). The number of carboxylic acid groups (broad SMARTS) is 2. The van der Waals surface area contributed by atoms with Gasteiger partial charge in [-0.2, -0.15) is 0 Å². The first kappa shape index (κ1) is 22.3. The summed E-state index contributed by atoms with van der Waals surface area (Å²) < 4.78 is 10.4. The highest BCUT2D eigenvalue weighted by atomic mass is 35.5. The van der Waals surface area contributed by atoms with E-state index in [2.05, 4.69) is 5.32 Å². The van der Waals surface area contributed by atoms with Crippen molar-refractivity contribution in [1.29, 1.82) is 0 Å². The van der Waals surface area contributed by atoms with Crippen molar-refractivity contribution >= 4 is 46.9 Å². The minimum Gasteiger partial charge on any atom is -0.496 e. The highest BCUT2D eigenvalue weighted by Crippen LogP contribution is 2.26. The Morgan fingerprint density at radius 3 is 2.34 bits per heavy atom. The van der Waals surface area contributed by atoms with Crippen LogP contribution in [0.5, 0.6) is 5.75 Å². The molecule has 0 aromatic heterocycles. The van der Waals surface area contributed by atoms with Crippen LogP contribution in [0.25, 0.3) is 0 Å². The number of benzene rings is 2. The number of hydrogen-bond donors (Lipinski definition) is 3. The van der Waals surface area contributed by atoms with Crippen molar-refractivity contribution in [3.63, 3.8) is 0 Å². The fourth-order valence-electron chi connectivity index (χ4n) is 2.47. The Labute approximate surface area is 175 Å². The summed E-state index contributed by atoms with van der Waals surface area (Å²) in [6, 6.07) is 9.16. The van der Waals surface area contributed by atoms with Gasteiger partial charge in [-0.3, -0.25) is 14.9 Å². The number of carboxylic acids is 2. The minimum absolute atomic E-state index is 0.196. The topological polar surface area (TPSA) is 122 Å². The Kier molecular flexibility index (Phi) is 7.69. The molecule has 8 nitrogen and oxygen atoms in total. The van der Waals surface area contributed by atoms with Crippen LogP contribution in [-0.2, 0) is 27.4 Å². The zero-order valence-corrected chi connectivity index (χ0v) is 16.7. The Bertz CT molecular complexity index is 919. The summed E-state index contributed by atoms with van der Waals surface area (Å²) in [5.74, 6) is -4.07. The quantitative estimate of drug-likeness (QED) is 0.527. The van der Waals surface area contributed by atoms with Crippen molar-refractivity contribution in [2.45, 2.75) is 13.0 Å². The second kappa shape index (κ2) is 9.99. The van der Waals surface area contributed by atoms with Gasteiger partial charge in [-0.1, -0.05) is 29.3 Å². The van der Waals surface area contributed by atoms with E-state index in [0.29, 0.717) is 27.6 Å². The van der Waals surface area contributed by atoms with Crippen LogP contribution in [0, 0.1) is 5.92 Å². The lowest BCUT2D eigenvalue weighted by molar-refractivity contribution is -0.154. The first-order chi connectivity index (χ1) is 13.7. The number of amides is 1. The zero-order valence-electron chi connectivity index (χ0n) is 15.1. The molecule has 1 amide bonds. The van der Waals surface area contributed by atoms with Crippen LogP contribution < -0.4 is 10.1 Å². The molecular weight excluding hydrogens is 425 g/mol. The third kappa shape index (κ3) is 6.27. The Morgan fingerprint density at radius 1 is 1.07 bits per heavy atom. The fraction of sp³-hybridized carbons (Fsp3) is 0.211. The molecular formula is C19H17Cl2NO7. The van der Waals surface area contributed by atoms with Gasteiger partial charge in [0, 0.05) is 10.6 Å². The van der Waals surface area contributed by atoms with Crippen molar-refractivity contribution < 1.29 is 34.1 Å². The smallest absolute Gasteiger partial charge is 0.412 e. The zero-order chi connectivity index (χ0) is 21.6. The molecule has 2 aromatic carbocycles. The SMILES string of the molecule is COc1ccc(CC(C(=O)O)C(=O)O)cc1COC(=O)Nc1ccc(Cl)cc1Cl. The summed E-state index contributed by atoms with van der Waals surface area (Å²) in [4.78, 5) is 34.2. The van der Waals surface area contributed by atoms with Gasteiger partial charge in [0.1, 0.15) is 12.4 Å². The van der Waals surface area contributed by atoms with Crippen molar-refractivity contribution in [3.8, 4) is 5.75 Å². The Balaban J connectivity index is 2.09. The van der Waals surface area contributed by atoms with Gasteiger partial charge in [0.15, 0.2) is 5.92 Å². The van der Waals surface area contributed by atoms with Gasteiger partial charge in [-0.15, -0.1) is 0 Å². The molecule has 0 bridgehead atoms. The summed E-state index contributed by atoms with van der Waals surface area (Å²) in [6.07, 6.45) is -1.01. The first-order valence-electron chi connectivity index (χ1n) is 8.21. The van der Waals surface area contributed by atoms with Gasteiger partial charge in [0.2, 0.25) is 0 Å². The van der Waals surface area contributed by atoms with E-state index < -0.39 is 23.9 Å². The van der Waals surface area contributed by atoms with Gasteiger partial charge in [-0.05, 0) is 42.3 Å². The second-order valence-electron chi connectivity index (χ2n) is 5.90. The molecule has 0 fully saturated rings. The number of hydrogen-bond acceptors (Lipinski definition) is 5. The summed E-state index contributed by atoms with van der Waals surface area (Å²) in [5.41, 5.74) is 1.20. The summed E-state index contributed by atoms with van der Waals surface area (Å²) in [5, 5.41) is 21.2. The van der Waals surface area contributed by atoms with Crippen LogP contribution >= 0.6 is 23.2 Å². The lowest BCUT2D eigenvalue weighted by Gasteiger charge is -2.13. The third-order valence-corrected chi connectivity index (χ3v) is 4.46. The Morgan fingerprint density at radius 2 is 1.76 bits per heavy atom. The molecule has 0 atom stereocenters. The second-order valence-corrected chi connectivity index (χ2v) is 6.75. The van der Waals surface area contributed by atoms with Gasteiger partial charge in [0.05, 0.1) is 17.8 Å². The van der Waals surface area contributed by atoms with Crippen LogP contribution in [0.3, 0.4) is 0 Å². The van der Waals surface area contributed by atoms with Crippen LogP contribution in [-0.4, -0.2) is 35.4 Å². The molecule has 154 valence electrons. The van der Waals surface area contributed by atoms with Gasteiger partial charge < -0.3 is 19.7 Å². The largest absolute Gasteiger partial charge is 0.496 e. The molecule has 0 aliphatic rings. The van der Waals surface area contributed by atoms with Gasteiger partial charge in [0.25, 0.3) is 0 Å². The predicted octanol–water partition coefficient (Wildman–Crippen LogP) is 4.08. The Hall–Kier alpha value is -2.97. The van der Waals surface area contributed by atoms with E-state index in [4.69, 9.17) is 42.9 Å². The molecule has 10 heteroatoms. The molecule has 0 spiro atoms. The van der Waals surface area contributed by atoms with E-state index in [9.17, 15) is 14.4 Å². The van der Waals surface area contributed by atoms with Crippen LogP contribution in [0.2, 0.25) is 10.0 Å². The number of methoxy groups -OCH3 is 1. The van der Waals surface area contributed by atoms with Gasteiger partial charge >= 0.3 is 18.0 Å². The summed E-state index contributed by atoms with van der Waals surface area (Å²) in [6.45, 7) is -0.196. The average Bonchev–Trinajstić information content (AvgIpc) is 2.66. The van der Waals surface area contributed by atoms with E-state index >= 15 is 0 Å². The van der Waals surface area contributed by atoms with Crippen molar-refractivity contribution in [3.05, 3.63) is 57.6 Å². The van der Waals surface area contributed by atoms with E-state index in [1.165, 1.54) is 25.3 Å². The van der Waals surface area contributed by atoms with E-state index in [1.807, 2.05) is 0 Å². The van der Waals surface area contributed by atoms with E-state index in [-0.39, 0.29) is 18.1 Å². The molecule has 0 aliphatic heterocycles. The molecule has 2 rings (SSSR count). The molecule has 0 saturated heterocycles. The number of halogens is 2. The monoisotopic (exact) mass is 441 g/mol. The normalized spacial score (nSPS) is 10.5. The molecule has 0 aliphatic carbocycles. The number of aliphatic carboxylic acids is 2. The lowest BCUT2D eigenvalue weighted by Crippen LogP contribution is -2.25. The number of ether oxygens (including phenoxy) is 2. The maximum Gasteiger partial charge on any atom is 0.412 e. The van der Waals surface area contributed by atoms with Crippen molar-refractivity contribution in [1.82, 2.24) is 0 Å². The molecule has 0 radical (unpaired) electrons. The predicted molar refractivity (Wildman–Crippen MR) is 106 cm³/mol. The highest BCUT2D eigenvalue weighted by molar-refractivity contribution is 6.36. The summed E-state index contributed by atoms with van der Waals surface area (Å²) >= 11 is 11.8. The first-order valence-corrected chi connectivity index (χ1v) is 8.97. The third-order valence-electron chi connectivity index (χ3n) is 3.91. The number of carbonyl (C=O) groups is 3. The molecule has 29 heavy (non-hydrogen) atoms. The van der Waals surface area contributed by atoms with E-state index in [1.54, 1.807) is 18.2 Å².